The summed E-state index contributed by atoms with van der Waals surface area (Å²) < 4.78 is 0. The fourth-order valence-corrected chi connectivity index (χ4v) is 3.50. The van der Waals surface area contributed by atoms with Gasteiger partial charge in [0.05, 0.1) is 0 Å². The van der Waals surface area contributed by atoms with Crippen molar-refractivity contribution in [2.45, 2.75) is 49.3 Å². The zero-order chi connectivity index (χ0) is 11.6. The summed E-state index contributed by atoms with van der Waals surface area (Å²) in [5, 5.41) is 0. The van der Waals surface area contributed by atoms with Gasteiger partial charge in [0, 0.05) is 9.79 Å². The first-order chi connectivity index (χ1) is 7.86. The Bertz CT molecular complexity index is 259. The van der Waals surface area contributed by atoms with Crippen LogP contribution < -0.4 is 0 Å². The smallest absolute Gasteiger partial charge is 0.00830 e. The van der Waals surface area contributed by atoms with E-state index in [1.54, 1.807) is 0 Å². The average molecular weight is 254 g/mol. The normalized spacial score (nSPS) is 10.6. The van der Waals surface area contributed by atoms with Crippen LogP contribution in [0.5, 0.6) is 0 Å². The summed E-state index contributed by atoms with van der Waals surface area (Å²) in [7, 11) is 0. The summed E-state index contributed by atoms with van der Waals surface area (Å²) in [6, 6.07) is 8.97. The van der Waals surface area contributed by atoms with Crippen LogP contribution in [-0.2, 0) is 0 Å². The van der Waals surface area contributed by atoms with Crippen molar-refractivity contribution in [1.29, 1.82) is 0 Å². The molecule has 1 aromatic carbocycles. The fourth-order valence-electron chi connectivity index (χ4n) is 1.32. The molecule has 90 valence electrons. The molecule has 0 nitrogen and oxygen atoms in total. The first kappa shape index (κ1) is 14.0. The third kappa shape index (κ3) is 5.86. The third-order valence-corrected chi connectivity index (χ3v) is 4.50. The van der Waals surface area contributed by atoms with Crippen molar-refractivity contribution in [2.75, 3.05) is 11.5 Å². The highest BCUT2D eigenvalue weighted by molar-refractivity contribution is 8.00. The number of hydrogen-bond donors (Lipinski definition) is 0. The highest BCUT2D eigenvalue weighted by Gasteiger charge is 1.97. The van der Waals surface area contributed by atoms with Crippen LogP contribution in [0.1, 0.15) is 39.5 Å². The van der Waals surface area contributed by atoms with E-state index in [-0.39, 0.29) is 0 Å². The van der Waals surface area contributed by atoms with Crippen LogP contribution in [0.2, 0.25) is 0 Å². The Labute approximate surface area is 109 Å². The lowest BCUT2D eigenvalue weighted by atomic mass is 10.4. The second-order valence-corrected chi connectivity index (χ2v) is 6.22. The molecule has 0 saturated heterocycles. The van der Waals surface area contributed by atoms with Crippen LogP contribution in [0.4, 0.5) is 0 Å². The third-order valence-electron chi connectivity index (χ3n) is 2.34. The maximum atomic E-state index is 2.33. The van der Waals surface area contributed by atoms with Crippen molar-refractivity contribution in [2.24, 2.45) is 0 Å². The molecule has 0 atom stereocenters. The summed E-state index contributed by atoms with van der Waals surface area (Å²) in [5.41, 5.74) is 0. The predicted octanol–water partition coefficient (Wildman–Crippen LogP) is 5.47. The average Bonchev–Trinajstić information content (AvgIpc) is 2.30. The van der Waals surface area contributed by atoms with Gasteiger partial charge in [-0.1, -0.05) is 32.8 Å². The van der Waals surface area contributed by atoms with Crippen molar-refractivity contribution in [1.82, 2.24) is 0 Å². The minimum atomic E-state index is 1.25. The lowest BCUT2D eigenvalue weighted by molar-refractivity contribution is 0.895. The van der Waals surface area contributed by atoms with Gasteiger partial charge >= 0.3 is 0 Å². The van der Waals surface area contributed by atoms with Crippen molar-refractivity contribution < 1.29 is 0 Å². The summed E-state index contributed by atoms with van der Waals surface area (Å²) in [5.74, 6) is 2.50. The first-order valence-electron chi connectivity index (χ1n) is 6.22. The molecule has 0 saturated carbocycles. The molecular formula is C14H22S2. The molecule has 0 N–H and O–H groups in total. The molecule has 0 spiro atoms. The SMILES string of the molecule is CCCCSc1cccc(SCCCC)c1. The standard InChI is InChI=1S/C14H22S2/c1-3-5-10-15-13-8-7-9-14(12-13)16-11-6-4-2/h7-9,12H,3-6,10-11H2,1-2H3. The molecule has 0 aliphatic heterocycles. The molecule has 0 heterocycles. The number of hydrogen-bond acceptors (Lipinski definition) is 2. The quantitative estimate of drug-likeness (QED) is 0.445. The number of unbranched alkanes of at least 4 members (excludes halogenated alkanes) is 2. The van der Waals surface area contributed by atoms with Gasteiger partial charge < -0.3 is 0 Å². The molecule has 0 unspecified atom stereocenters. The van der Waals surface area contributed by atoms with Gasteiger partial charge in [0.15, 0.2) is 0 Å². The number of benzene rings is 1. The van der Waals surface area contributed by atoms with E-state index in [0.29, 0.717) is 0 Å². The van der Waals surface area contributed by atoms with Crippen LogP contribution in [0, 0.1) is 0 Å². The Balaban J connectivity index is 2.37. The second kappa shape index (κ2) is 9.00. The zero-order valence-electron chi connectivity index (χ0n) is 10.4. The van der Waals surface area contributed by atoms with Crippen molar-refractivity contribution in [3.63, 3.8) is 0 Å². The molecule has 1 aromatic rings. The number of thioether (sulfide) groups is 2. The van der Waals surface area contributed by atoms with E-state index in [2.05, 4.69) is 38.1 Å². The van der Waals surface area contributed by atoms with E-state index in [1.807, 2.05) is 23.5 Å². The van der Waals surface area contributed by atoms with Crippen LogP contribution in [-0.4, -0.2) is 11.5 Å². The van der Waals surface area contributed by atoms with Gasteiger partial charge in [0.1, 0.15) is 0 Å². The molecule has 1 rings (SSSR count). The molecule has 0 radical (unpaired) electrons. The van der Waals surface area contributed by atoms with Gasteiger partial charge in [-0.05, 0) is 42.5 Å². The van der Waals surface area contributed by atoms with Crippen molar-refractivity contribution in [3.8, 4) is 0 Å². The van der Waals surface area contributed by atoms with Gasteiger partial charge in [-0.2, -0.15) is 0 Å². The lowest BCUT2D eigenvalue weighted by Gasteiger charge is -2.04. The summed E-state index contributed by atoms with van der Waals surface area (Å²) >= 11 is 3.97. The van der Waals surface area contributed by atoms with E-state index < -0.39 is 0 Å². The Morgan fingerprint density at radius 1 is 0.875 bits per heavy atom. The minimum Gasteiger partial charge on any atom is -0.126 e. The van der Waals surface area contributed by atoms with Crippen LogP contribution in [0.15, 0.2) is 34.1 Å². The van der Waals surface area contributed by atoms with Gasteiger partial charge in [0.25, 0.3) is 0 Å². The Morgan fingerprint density at radius 2 is 1.38 bits per heavy atom. The van der Waals surface area contributed by atoms with E-state index >= 15 is 0 Å². The first-order valence-corrected chi connectivity index (χ1v) is 8.19. The maximum Gasteiger partial charge on any atom is 0.00830 e. The second-order valence-electron chi connectivity index (χ2n) is 3.88. The highest BCUT2D eigenvalue weighted by Crippen LogP contribution is 2.26. The van der Waals surface area contributed by atoms with Gasteiger partial charge in [0.2, 0.25) is 0 Å². The molecular weight excluding hydrogens is 232 g/mol. The molecule has 0 bridgehead atoms. The lowest BCUT2D eigenvalue weighted by Crippen LogP contribution is -1.81. The molecule has 0 aliphatic carbocycles. The highest BCUT2D eigenvalue weighted by atomic mass is 32.2. The summed E-state index contributed by atoms with van der Waals surface area (Å²) in [4.78, 5) is 2.85. The van der Waals surface area contributed by atoms with Gasteiger partial charge in [-0.25, -0.2) is 0 Å². The van der Waals surface area contributed by atoms with E-state index in [1.165, 1.54) is 47.0 Å². The van der Waals surface area contributed by atoms with Crippen LogP contribution in [0.3, 0.4) is 0 Å². The van der Waals surface area contributed by atoms with E-state index in [9.17, 15) is 0 Å². The van der Waals surface area contributed by atoms with Gasteiger partial charge in [-0.3, -0.25) is 0 Å². The van der Waals surface area contributed by atoms with Crippen LogP contribution >= 0.6 is 23.5 Å². The topological polar surface area (TPSA) is 0 Å². The Kier molecular flexibility index (Phi) is 7.87. The van der Waals surface area contributed by atoms with E-state index in [4.69, 9.17) is 0 Å². The summed E-state index contributed by atoms with van der Waals surface area (Å²) in [6.45, 7) is 4.50. The van der Waals surface area contributed by atoms with Crippen molar-refractivity contribution >= 4 is 23.5 Å². The van der Waals surface area contributed by atoms with Crippen LogP contribution in [0.25, 0.3) is 0 Å². The van der Waals surface area contributed by atoms with Gasteiger partial charge in [-0.15, -0.1) is 23.5 Å². The minimum absolute atomic E-state index is 1.25. The number of rotatable bonds is 8. The fraction of sp³-hybridized carbons (Fsp3) is 0.571. The largest absolute Gasteiger partial charge is 0.126 e. The summed E-state index contributed by atoms with van der Waals surface area (Å²) in [6.07, 6.45) is 5.21. The Hall–Kier alpha value is -0.0800. The molecule has 16 heavy (non-hydrogen) atoms. The Morgan fingerprint density at radius 3 is 1.81 bits per heavy atom. The van der Waals surface area contributed by atoms with Crippen molar-refractivity contribution in [3.05, 3.63) is 24.3 Å². The molecule has 0 fully saturated rings. The molecule has 0 amide bonds. The molecule has 2 heteroatoms. The predicted molar refractivity (Wildman–Crippen MR) is 77.7 cm³/mol. The van der Waals surface area contributed by atoms with E-state index in [0.717, 1.165) is 0 Å². The monoisotopic (exact) mass is 254 g/mol. The molecule has 0 aliphatic rings. The molecule has 0 aromatic heterocycles. The zero-order valence-corrected chi connectivity index (χ0v) is 12.0. The maximum absolute atomic E-state index is 2.33.